The zero-order chi connectivity index (χ0) is 23.1. The number of ether oxygens (including phenoxy) is 1. The zero-order valence-corrected chi connectivity index (χ0v) is 19.8. The maximum atomic E-state index is 13.2. The Labute approximate surface area is 192 Å². The summed E-state index contributed by atoms with van der Waals surface area (Å²) in [5.41, 5.74) is 4.90. The fourth-order valence-corrected chi connectivity index (χ4v) is 4.01. The van der Waals surface area contributed by atoms with E-state index in [0.717, 1.165) is 35.4 Å². The van der Waals surface area contributed by atoms with Gasteiger partial charge >= 0.3 is 0 Å². The van der Waals surface area contributed by atoms with Gasteiger partial charge < -0.3 is 15.0 Å². The van der Waals surface area contributed by atoms with Crippen molar-refractivity contribution in [2.75, 3.05) is 27.7 Å². The Kier molecular flexibility index (Phi) is 8.07. The van der Waals surface area contributed by atoms with E-state index in [9.17, 15) is 4.79 Å². The molecule has 0 saturated heterocycles. The van der Waals surface area contributed by atoms with Crippen molar-refractivity contribution in [2.45, 2.75) is 26.3 Å². The number of likely N-dealkylation sites (N-methyl/N-ethyl adjacent to an activating group) is 1. The van der Waals surface area contributed by atoms with E-state index in [1.807, 2.05) is 56.6 Å². The topological polar surface area (TPSA) is 41.6 Å². The third-order valence-electron chi connectivity index (χ3n) is 5.42. The van der Waals surface area contributed by atoms with Gasteiger partial charge in [0.25, 0.3) is 5.91 Å². The van der Waals surface area contributed by atoms with Crippen molar-refractivity contribution in [3.63, 3.8) is 0 Å². The third-order valence-corrected chi connectivity index (χ3v) is 5.42. The third kappa shape index (κ3) is 5.98. The highest BCUT2D eigenvalue weighted by atomic mass is 16.5. The van der Waals surface area contributed by atoms with Crippen molar-refractivity contribution >= 4 is 5.91 Å². The van der Waals surface area contributed by atoms with Gasteiger partial charge in [0.05, 0.1) is 13.2 Å². The number of methoxy groups -OCH3 is 1. The number of carbonyl (C=O) groups is 1. The molecule has 3 aromatic rings. The maximum Gasteiger partial charge on any atom is 0.251 e. The van der Waals surface area contributed by atoms with Crippen LogP contribution in [0.1, 0.15) is 41.4 Å². The molecule has 1 N–H and O–H groups in total. The minimum Gasteiger partial charge on any atom is -0.496 e. The highest BCUT2D eigenvalue weighted by Crippen LogP contribution is 2.34. The van der Waals surface area contributed by atoms with Crippen LogP contribution in [0.3, 0.4) is 0 Å². The summed E-state index contributed by atoms with van der Waals surface area (Å²) in [6, 6.07) is 24.0. The predicted molar refractivity (Wildman–Crippen MR) is 132 cm³/mol. The van der Waals surface area contributed by atoms with Gasteiger partial charge in [-0.3, -0.25) is 4.79 Å². The van der Waals surface area contributed by atoms with Crippen LogP contribution in [0.2, 0.25) is 0 Å². The molecular formula is C28H34N2O2. The SMILES string of the molecule is COc1c(CC(C)C)cccc1-c1cccc(C(=O)N[C@H](CN(C)C)c2ccccc2)c1. The van der Waals surface area contributed by atoms with Crippen molar-refractivity contribution in [3.8, 4) is 16.9 Å². The van der Waals surface area contributed by atoms with Crippen LogP contribution >= 0.6 is 0 Å². The van der Waals surface area contributed by atoms with Crippen LogP contribution in [-0.4, -0.2) is 38.6 Å². The molecule has 0 saturated carbocycles. The Morgan fingerprint density at radius 1 is 0.969 bits per heavy atom. The molecule has 0 unspecified atom stereocenters. The predicted octanol–water partition coefficient (Wildman–Crippen LogP) is 5.59. The number of benzene rings is 3. The van der Waals surface area contributed by atoms with Crippen LogP contribution in [0.5, 0.6) is 5.75 Å². The minimum atomic E-state index is -0.0914. The van der Waals surface area contributed by atoms with Crippen LogP contribution in [0.4, 0.5) is 0 Å². The van der Waals surface area contributed by atoms with Crippen LogP contribution in [0, 0.1) is 5.92 Å². The second-order valence-corrected chi connectivity index (χ2v) is 8.88. The van der Waals surface area contributed by atoms with E-state index in [-0.39, 0.29) is 11.9 Å². The number of rotatable bonds is 9. The standard InChI is InChI=1S/C28H34N2O2/c1-20(2)17-23-14-10-16-25(27(23)32-5)22-13-9-15-24(18-22)28(31)29-26(19-30(3)4)21-11-7-6-8-12-21/h6-16,18,20,26H,17,19H2,1-5H3,(H,29,31)/t26-/m1/s1. The van der Waals surface area contributed by atoms with Crippen molar-refractivity contribution in [1.29, 1.82) is 0 Å². The van der Waals surface area contributed by atoms with E-state index >= 15 is 0 Å². The lowest BCUT2D eigenvalue weighted by molar-refractivity contribution is 0.0930. The number of amides is 1. The molecule has 0 aliphatic heterocycles. The molecule has 0 spiro atoms. The molecule has 0 fully saturated rings. The zero-order valence-electron chi connectivity index (χ0n) is 19.8. The normalized spacial score (nSPS) is 12.1. The summed E-state index contributed by atoms with van der Waals surface area (Å²) >= 11 is 0. The number of nitrogens with one attached hydrogen (secondary N) is 1. The van der Waals surface area contributed by atoms with Crippen molar-refractivity contribution in [3.05, 3.63) is 89.5 Å². The van der Waals surface area contributed by atoms with Crippen LogP contribution in [0.15, 0.2) is 72.8 Å². The van der Waals surface area contributed by atoms with E-state index in [1.165, 1.54) is 5.56 Å². The first kappa shape index (κ1) is 23.6. The van der Waals surface area contributed by atoms with Gasteiger partial charge in [-0.2, -0.15) is 0 Å². The van der Waals surface area contributed by atoms with E-state index < -0.39 is 0 Å². The molecule has 0 radical (unpaired) electrons. The second kappa shape index (κ2) is 11.0. The fourth-order valence-electron chi connectivity index (χ4n) is 4.01. The van der Waals surface area contributed by atoms with E-state index in [1.54, 1.807) is 7.11 Å². The molecule has 3 aromatic carbocycles. The van der Waals surface area contributed by atoms with E-state index in [0.29, 0.717) is 11.5 Å². The fraction of sp³-hybridized carbons (Fsp3) is 0.321. The summed E-state index contributed by atoms with van der Waals surface area (Å²) < 4.78 is 5.79. The Hall–Kier alpha value is -3.11. The van der Waals surface area contributed by atoms with Crippen molar-refractivity contribution < 1.29 is 9.53 Å². The maximum absolute atomic E-state index is 13.2. The molecule has 168 valence electrons. The van der Waals surface area contributed by atoms with Crippen molar-refractivity contribution in [1.82, 2.24) is 10.2 Å². The summed E-state index contributed by atoms with van der Waals surface area (Å²) in [5, 5.41) is 3.21. The minimum absolute atomic E-state index is 0.0835. The summed E-state index contributed by atoms with van der Waals surface area (Å²) in [7, 11) is 5.74. The number of nitrogens with zero attached hydrogens (tertiary/aromatic N) is 1. The van der Waals surface area contributed by atoms with Gasteiger partial charge in [-0.25, -0.2) is 0 Å². The number of hydrogen-bond donors (Lipinski definition) is 1. The highest BCUT2D eigenvalue weighted by molar-refractivity contribution is 5.96. The molecule has 0 heterocycles. The molecule has 0 aromatic heterocycles. The Morgan fingerprint density at radius 3 is 2.34 bits per heavy atom. The van der Waals surface area contributed by atoms with Crippen molar-refractivity contribution in [2.24, 2.45) is 5.92 Å². The first-order valence-corrected chi connectivity index (χ1v) is 11.2. The van der Waals surface area contributed by atoms with Gasteiger partial charge in [0, 0.05) is 17.7 Å². The van der Waals surface area contributed by atoms with Gasteiger partial charge in [-0.05, 0) is 55.3 Å². The lowest BCUT2D eigenvalue weighted by Crippen LogP contribution is -2.35. The highest BCUT2D eigenvalue weighted by Gasteiger charge is 2.18. The molecule has 0 aliphatic rings. The molecule has 32 heavy (non-hydrogen) atoms. The van der Waals surface area contributed by atoms with Gasteiger partial charge in [0.15, 0.2) is 0 Å². The average molecular weight is 431 g/mol. The lowest BCUT2D eigenvalue weighted by atomic mass is 9.95. The number of hydrogen-bond acceptors (Lipinski definition) is 3. The summed E-state index contributed by atoms with van der Waals surface area (Å²) in [5.74, 6) is 1.33. The first-order valence-electron chi connectivity index (χ1n) is 11.2. The number of carbonyl (C=O) groups excluding carboxylic acids is 1. The van der Waals surface area contributed by atoms with Gasteiger partial charge in [0.1, 0.15) is 5.75 Å². The summed E-state index contributed by atoms with van der Waals surface area (Å²) in [4.78, 5) is 15.3. The molecule has 1 atom stereocenters. The lowest BCUT2D eigenvalue weighted by Gasteiger charge is -2.23. The average Bonchev–Trinajstić information content (AvgIpc) is 2.78. The number of para-hydroxylation sites is 1. The Bertz CT molecular complexity index is 1030. The van der Waals surface area contributed by atoms with Crippen LogP contribution in [0.25, 0.3) is 11.1 Å². The van der Waals surface area contributed by atoms with Crippen LogP contribution in [-0.2, 0) is 6.42 Å². The molecular weight excluding hydrogens is 396 g/mol. The van der Waals surface area contributed by atoms with Crippen LogP contribution < -0.4 is 10.1 Å². The molecule has 1 amide bonds. The largest absolute Gasteiger partial charge is 0.496 e. The first-order chi connectivity index (χ1) is 15.4. The molecule has 0 aliphatic carbocycles. The Balaban J connectivity index is 1.89. The summed E-state index contributed by atoms with van der Waals surface area (Å²) in [6.45, 7) is 5.13. The van der Waals surface area contributed by atoms with E-state index in [2.05, 4.69) is 54.4 Å². The quantitative estimate of drug-likeness (QED) is 0.481. The molecule has 4 heteroatoms. The second-order valence-electron chi connectivity index (χ2n) is 8.88. The van der Waals surface area contributed by atoms with Gasteiger partial charge in [0.2, 0.25) is 0 Å². The van der Waals surface area contributed by atoms with Gasteiger partial charge in [-0.1, -0.05) is 74.5 Å². The monoisotopic (exact) mass is 430 g/mol. The molecule has 4 nitrogen and oxygen atoms in total. The van der Waals surface area contributed by atoms with E-state index in [4.69, 9.17) is 4.74 Å². The molecule has 3 rings (SSSR count). The summed E-state index contributed by atoms with van der Waals surface area (Å²) in [6.07, 6.45) is 0.945. The van der Waals surface area contributed by atoms with Gasteiger partial charge in [-0.15, -0.1) is 0 Å². The Morgan fingerprint density at radius 2 is 1.69 bits per heavy atom. The smallest absolute Gasteiger partial charge is 0.251 e. The molecule has 0 bridgehead atoms.